The van der Waals surface area contributed by atoms with Gasteiger partial charge in [0.15, 0.2) is 5.82 Å². The second kappa shape index (κ2) is 5.91. The van der Waals surface area contributed by atoms with Crippen LogP contribution >= 0.6 is 23.2 Å². The number of halogens is 2. The monoisotopic (exact) mass is 321 g/mol. The molecule has 110 valence electrons. The van der Waals surface area contributed by atoms with E-state index < -0.39 is 0 Å². The van der Waals surface area contributed by atoms with Crippen LogP contribution in [0.25, 0.3) is 11.4 Å². The summed E-state index contributed by atoms with van der Waals surface area (Å²) in [6.45, 7) is 6.12. The molecule has 1 aliphatic heterocycles. The van der Waals surface area contributed by atoms with Crippen LogP contribution in [0.2, 0.25) is 10.0 Å². The molecule has 3 nitrogen and oxygen atoms in total. The first-order chi connectivity index (χ1) is 10.0. The average Bonchev–Trinajstić information content (AvgIpc) is 2.45. The highest BCUT2D eigenvalue weighted by atomic mass is 35.5. The van der Waals surface area contributed by atoms with Crippen LogP contribution in [-0.2, 0) is 13.0 Å². The smallest absolute Gasteiger partial charge is 0.159 e. The Bertz CT molecular complexity index is 663. The van der Waals surface area contributed by atoms with Crippen LogP contribution in [0.5, 0.6) is 0 Å². The largest absolute Gasteiger partial charge is 0.312 e. The molecular formula is C16H17Cl2N3. The molecular weight excluding hydrogens is 305 g/mol. The standard InChI is InChI=1S/C16H17Cl2N3/c1-9(2)15-13-8-19-4-3-14(13)20-16(21-15)10-5-11(17)7-12(18)6-10/h5-7,9,19H,3-4,8H2,1-2H3. The van der Waals surface area contributed by atoms with Crippen LogP contribution in [0.4, 0.5) is 0 Å². The van der Waals surface area contributed by atoms with E-state index in [1.807, 2.05) is 12.1 Å². The van der Waals surface area contributed by atoms with Crippen LogP contribution in [-0.4, -0.2) is 16.5 Å². The first kappa shape index (κ1) is 14.8. The van der Waals surface area contributed by atoms with E-state index in [0.29, 0.717) is 21.8 Å². The van der Waals surface area contributed by atoms with Gasteiger partial charge in [-0.05, 0) is 24.1 Å². The van der Waals surface area contributed by atoms with Crippen LogP contribution in [0, 0.1) is 0 Å². The van der Waals surface area contributed by atoms with Gasteiger partial charge >= 0.3 is 0 Å². The van der Waals surface area contributed by atoms with Gasteiger partial charge in [0.05, 0.1) is 11.4 Å². The topological polar surface area (TPSA) is 37.8 Å². The molecule has 1 aliphatic rings. The van der Waals surface area contributed by atoms with Gasteiger partial charge in [-0.3, -0.25) is 0 Å². The minimum Gasteiger partial charge on any atom is -0.312 e. The first-order valence-electron chi connectivity index (χ1n) is 7.11. The zero-order chi connectivity index (χ0) is 15.0. The van der Waals surface area contributed by atoms with Crippen LogP contribution < -0.4 is 5.32 Å². The number of aromatic nitrogens is 2. The van der Waals surface area contributed by atoms with Crippen molar-refractivity contribution in [2.45, 2.75) is 32.7 Å². The molecule has 0 atom stereocenters. The predicted molar refractivity (Wildman–Crippen MR) is 87.0 cm³/mol. The van der Waals surface area contributed by atoms with Gasteiger partial charge in [0.25, 0.3) is 0 Å². The van der Waals surface area contributed by atoms with Crippen molar-refractivity contribution in [1.82, 2.24) is 15.3 Å². The third-order valence-electron chi connectivity index (χ3n) is 3.63. The number of rotatable bonds is 2. The zero-order valence-corrected chi connectivity index (χ0v) is 13.6. The lowest BCUT2D eigenvalue weighted by atomic mass is 9.98. The number of fused-ring (bicyclic) bond motifs is 1. The molecule has 0 aliphatic carbocycles. The first-order valence-corrected chi connectivity index (χ1v) is 7.87. The van der Waals surface area contributed by atoms with Crippen molar-refractivity contribution >= 4 is 23.2 Å². The average molecular weight is 322 g/mol. The summed E-state index contributed by atoms with van der Waals surface area (Å²) in [4.78, 5) is 9.51. The highest BCUT2D eigenvalue weighted by molar-refractivity contribution is 6.35. The lowest BCUT2D eigenvalue weighted by Crippen LogP contribution is -2.27. The normalized spacial score (nSPS) is 14.3. The minimum absolute atomic E-state index is 0.357. The van der Waals surface area contributed by atoms with Gasteiger partial charge in [0.2, 0.25) is 0 Å². The van der Waals surface area contributed by atoms with Gasteiger partial charge in [0.1, 0.15) is 0 Å². The Labute approximate surface area is 134 Å². The Balaban J connectivity index is 2.17. The molecule has 0 spiro atoms. The number of hydrogen-bond acceptors (Lipinski definition) is 3. The van der Waals surface area contributed by atoms with E-state index in [-0.39, 0.29) is 0 Å². The Hall–Kier alpha value is -1.16. The highest BCUT2D eigenvalue weighted by Gasteiger charge is 2.20. The minimum atomic E-state index is 0.357. The van der Waals surface area contributed by atoms with Crippen molar-refractivity contribution in [2.24, 2.45) is 0 Å². The Kier molecular flexibility index (Phi) is 4.16. The summed E-state index contributed by atoms with van der Waals surface area (Å²) in [5, 5.41) is 4.60. The van der Waals surface area contributed by atoms with Crippen molar-refractivity contribution < 1.29 is 0 Å². The van der Waals surface area contributed by atoms with Crippen LogP contribution in [0.15, 0.2) is 18.2 Å². The van der Waals surface area contributed by atoms with Crippen molar-refractivity contribution in [3.63, 3.8) is 0 Å². The molecule has 0 fully saturated rings. The molecule has 5 heteroatoms. The van der Waals surface area contributed by atoms with E-state index in [2.05, 4.69) is 19.2 Å². The lowest BCUT2D eigenvalue weighted by Gasteiger charge is -2.21. The molecule has 0 saturated carbocycles. The second-order valence-electron chi connectivity index (χ2n) is 5.60. The summed E-state index contributed by atoms with van der Waals surface area (Å²) in [6.07, 6.45) is 0.929. The molecule has 0 bridgehead atoms. The fourth-order valence-electron chi connectivity index (χ4n) is 2.66. The van der Waals surface area contributed by atoms with E-state index in [0.717, 1.165) is 36.5 Å². The number of nitrogens with one attached hydrogen (secondary N) is 1. The Morgan fingerprint density at radius 2 is 1.81 bits per heavy atom. The fourth-order valence-corrected chi connectivity index (χ4v) is 3.18. The quantitative estimate of drug-likeness (QED) is 0.899. The van der Waals surface area contributed by atoms with Crippen molar-refractivity contribution in [1.29, 1.82) is 0 Å². The van der Waals surface area contributed by atoms with E-state index >= 15 is 0 Å². The second-order valence-corrected chi connectivity index (χ2v) is 6.47. The Morgan fingerprint density at radius 1 is 1.10 bits per heavy atom. The number of nitrogens with zero attached hydrogens (tertiary/aromatic N) is 2. The van der Waals surface area contributed by atoms with Crippen molar-refractivity contribution in [3.8, 4) is 11.4 Å². The van der Waals surface area contributed by atoms with Gasteiger partial charge in [-0.25, -0.2) is 9.97 Å². The SMILES string of the molecule is CC(C)c1nc(-c2cc(Cl)cc(Cl)c2)nc2c1CNCC2. The maximum Gasteiger partial charge on any atom is 0.159 e. The van der Waals surface area contributed by atoms with Gasteiger partial charge in [0, 0.05) is 40.7 Å². The van der Waals surface area contributed by atoms with Crippen molar-refractivity contribution in [2.75, 3.05) is 6.54 Å². The maximum absolute atomic E-state index is 6.10. The summed E-state index contributed by atoms with van der Waals surface area (Å²) in [7, 11) is 0. The van der Waals surface area contributed by atoms with Gasteiger partial charge in [-0.1, -0.05) is 37.0 Å². The third-order valence-corrected chi connectivity index (χ3v) is 4.07. The molecule has 1 N–H and O–H groups in total. The predicted octanol–water partition coefficient (Wildman–Crippen LogP) is 4.22. The number of benzene rings is 1. The highest BCUT2D eigenvalue weighted by Crippen LogP contribution is 2.29. The molecule has 1 aromatic heterocycles. The number of hydrogen-bond donors (Lipinski definition) is 1. The summed E-state index contributed by atoms with van der Waals surface area (Å²) in [5.74, 6) is 1.07. The van der Waals surface area contributed by atoms with E-state index in [1.165, 1.54) is 5.56 Å². The van der Waals surface area contributed by atoms with Crippen molar-refractivity contribution in [3.05, 3.63) is 45.2 Å². The molecule has 1 aromatic carbocycles. The van der Waals surface area contributed by atoms with E-state index in [1.54, 1.807) is 6.07 Å². The molecule has 0 amide bonds. The summed E-state index contributed by atoms with van der Waals surface area (Å²) >= 11 is 12.2. The molecule has 21 heavy (non-hydrogen) atoms. The fraction of sp³-hybridized carbons (Fsp3) is 0.375. The maximum atomic E-state index is 6.10. The molecule has 2 heterocycles. The lowest BCUT2D eigenvalue weighted by molar-refractivity contribution is 0.609. The van der Waals surface area contributed by atoms with E-state index in [4.69, 9.17) is 33.2 Å². The molecule has 0 saturated heterocycles. The molecule has 0 radical (unpaired) electrons. The summed E-state index contributed by atoms with van der Waals surface area (Å²) < 4.78 is 0. The van der Waals surface area contributed by atoms with Crippen LogP contribution in [0.3, 0.4) is 0 Å². The van der Waals surface area contributed by atoms with Gasteiger partial charge in [-0.2, -0.15) is 0 Å². The molecule has 0 unspecified atom stereocenters. The Morgan fingerprint density at radius 3 is 2.48 bits per heavy atom. The van der Waals surface area contributed by atoms with Gasteiger partial charge in [-0.15, -0.1) is 0 Å². The van der Waals surface area contributed by atoms with E-state index in [9.17, 15) is 0 Å². The summed E-state index contributed by atoms with van der Waals surface area (Å²) in [5.41, 5.74) is 4.36. The van der Waals surface area contributed by atoms with Crippen LogP contribution in [0.1, 0.15) is 36.7 Å². The third kappa shape index (κ3) is 3.05. The van der Waals surface area contributed by atoms with Gasteiger partial charge < -0.3 is 5.32 Å². The summed E-state index contributed by atoms with van der Waals surface area (Å²) in [6, 6.07) is 5.44. The molecule has 2 aromatic rings. The molecule has 3 rings (SSSR count). The zero-order valence-electron chi connectivity index (χ0n) is 12.1.